The quantitative estimate of drug-likeness (QED) is 0.784. The van der Waals surface area contributed by atoms with Gasteiger partial charge in [0.05, 0.1) is 13.1 Å². The summed E-state index contributed by atoms with van der Waals surface area (Å²) in [4.78, 5) is 16.3. The van der Waals surface area contributed by atoms with Crippen molar-refractivity contribution in [2.24, 2.45) is 4.99 Å². The van der Waals surface area contributed by atoms with Crippen LogP contribution >= 0.6 is 15.9 Å². The van der Waals surface area contributed by atoms with Crippen LogP contribution in [0.5, 0.6) is 0 Å². The van der Waals surface area contributed by atoms with Gasteiger partial charge in [-0.3, -0.25) is 9.79 Å². The number of benzene rings is 2. The zero-order valence-corrected chi connectivity index (χ0v) is 14.4. The fourth-order valence-electron chi connectivity index (χ4n) is 2.01. The predicted octanol–water partition coefficient (Wildman–Crippen LogP) is 4.25. The van der Waals surface area contributed by atoms with Crippen molar-refractivity contribution in [1.82, 2.24) is 0 Å². The predicted molar refractivity (Wildman–Crippen MR) is 95.9 cm³/mol. The van der Waals surface area contributed by atoms with Gasteiger partial charge in [-0.2, -0.15) is 0 Å². The molecule has 0 bridgehead atoms. The van der Waals surface area contributed by atoms with E-state index in [0.717, 1.165) is 27.0 Å². The molecular formula is C18H19BrN2O. The molecular weight excluding hydrogens is 340 g/mol. The first kappa shape index (κ1) is 16.4. The first-order chi connectivity index (χ1) is 10.6. The fraction of sp³-hybridized carbons (Fsp3) is 0.222. The first-order valence-electron chi connectivity index (χ1n) is 7.14. The van der Waals surface area contributed by atoms with E-state index in [-0.39, 0.29) is 12.3 Å². The van der Waals surface area contributed by atoms with Crippen LogP contribution in [0.15, 0.2) is 58.0 Å². The molecule has 114 valence electrons. The number of aryl methyl sites for hydroxylation is 1. The second-order valence-electron chi connectivity index (χ2n) is 5.12. The summed E-state index contributed by atoms with van der Waals surface area (Å²) < 4.78 is 1.03. The second-order valence-corrected chi connectivity index (χ2v) is 6.03. The van der Waals surface area contributed by atoms with E-state index >= 15 is 0 Å². The van der Waals surface area contributed by atoms with Crippen LogP contribution in [0.3, 0.4) is 0 Å². The number of anilines is 1. The van der Waals surface area contributed by atoms with E-state index in [0.29, 0.717) is 6.54 Å². The lowest BCUT2D eigenvalue weighted by atomic mass is 10.1. The van der Waals surface area contributed by atoms with E-state index in [1.807, 2.05) is 62.4 Å². The Morgan fingerprint density at radius 2 is 1.82 bits per heavy atom. The Morgan fingerprint density at radius 1 is 1.14 bits per heavy atom. The smallest absolute Gasteiger partial charge is 0.173 e. The lowest BCUT2D eigenvalue weighted by molar-refractivity contribution is -0.116. The molecule has 0 aliphatic rings. The van der Waals surface area contributed by atoms with Crippen molar-refractivity contribution in [1.29, 1.82) is 0 Å². The summed E-state index contributed by atoms with van der Waals surface area (Å²) in [5, 5.41) is 3.16. The van der Waals surface area contributed by atoms with Gasteiger partial charge in [-0.15, -0.1) is 0 Å². The Morgan fingerprint density at radius 3 is 2.50 bits per heavy atom. The van der Waals surface area contributed by atoms with Gasteiger partial charge >= 0.3 is 0 Å². The molecule has 3 nitrogen and oxygen atoms in total. The molecule has 1 N–H and O–H groups in total. The molecule has 0 aliphatic heterocycles. The van der Waals surface area contributed by atoms with Gasteiger partial charge < -0.3 is 5.32 Å². The molecule has 0 aliphatic carbocycles. The monoisotopic (exact) mass is 358 g/mol. The van der Waals surface area contributed by atoms with E-state index in [4.69, 9.17) is 0 Å². The van der Waals surface area contributed by atoms with Crippen molar-refractivity contribution < 1.29 is 4.79 Å². The summed E-state index contributed by atoms with van der Waals surface area (Å²) >= 11 is 3.40. The molecule has 2 rings (SSSR count). The Hall–Kier alpha value is -1.94. The van der Waals surface area contributed by atoms with E-state index < -0.39 is 0 Å². The maximum atomic E-state index is 11.9. The number of hydrogen-bond donors (Lipinski definition) is 1. The van der Waals surface area contributed by atoms with Crippen LogP contribution in [0.2, 0.25) is 0 Å². The number of carbonyl (C=O) groups excluding carboxylic acids is 1. The van der Waals surface area contributed by atoms with Crippen molar-refractivity contribution in [2.45, 2.75) is 13.8 Å². The number of hydrogen-bond acceptors (Lipinski definition) is 3. The molecule has 0 aromatic heterocycles. The Balaban J connectivity index is 1.88. The van der Waals surface area contributed by atoms with E-state index in [2.05, 4.69) is 26.2 Å². The van der Waals surface area contributed by atoms with Crippen LogP contribution in [0.1, 0.15) is 18.1 Å². The van der Waals surface area contributed by atoms with Crippen LogP contribution < -0.4 is 5.32 Å². The van der Waals surface area contributed by atoms with Gasteiger partial charge in [-0.1, -0.05) is 46.3 Å². The van der Waals surface area contributed by atoms with Crippen LogP contribution in [-0.2, 0) is 4.79 Å². The summed E-state index contributed by atoms with van der Waals surface area (Å²) in [5.74, 6) is 0.0692. The first-order valence-corrected chi connectivity index (χ1v) is 7.94. The van der Waals surface area contributed by atoms with Crippen molar-refractivity contribution in [3.63, 3.8) is 0 Å². The van der Waals surface area contributed by atoms with Gasteiger partial charge in [0.25, 0.3) is 0 Å². The maximum Gasteiger partial charge on any atom is 0.173 e. The Bertz CT molecular complexity index is 678. The highest BCUT2D eigenvalue weighted by molar-refractivity contribution is 9.10. The van der Waals surface area contributed by atoms with Gasteiger partial charge in [0.2, 0.25) is 0 Å². The lowest BCUT2D eigenvalue weighted by Crippen LogP contribution is -2.17. The third-order valence-electron chi connectivity index (χ3n) is 3.38. The molecule has 0 radical (unpaired) electrons. The number of para-hydroxylation sites is 1. The molecule has 0 fully saturated rings. The molecule has 0 unspecified atom stereocenters. The second kappa shape index (κ2) is 7.90. The normalized spacial score (nSPS) is 11.3. The molecule has 0 saturated heterocycles. The minimum Gasteiger partial charge on any atom is -0.378 e. The average molecular weight is 359 g/mol. The molecule has 4 heteroatoms. The lowest BCUT2D eigenvalue weighted by Gasteiger charge is -2.08. The fourth-order valence-corrected chi connectivity index (χ4v) is 2.27. The van der Waals surface area contributed by atoms with Crippen molar-refractivity contribution in [2.75, 3.05) is 18.4 Å². The van der Waals surface area contributed by atoms with Crippen LogP contribution in [0, 0.1) is 6.92 Å². The SMILES string of the molecule is CC(=NCC(=O)CNc1ccccc1C)c1ccc(Br)cc1. The number of aliphatic imine (C=N–C) groups is 1. The minimum absolute atomic E-state index is 0.0692. The number of ketones is 1. The van der Waals surface area contributed by atoms with E-state index in [1.54, 1.807) is 0 Å². The topological polar surface area (TPSA) is 41.5 Å². The molecule has 22 heavy (non-hydrogen) atoms. The Kier molecular flexibility index (Phi) is 5.90. The van der Waals surface area contributed by atoms with Gasteiger partial charge in [0, 0.05) is 15.9 Å². The molecule has 0 spiro atoms. The standard InChI is InChI=1S/C18H19BrN2O/c1-13-5-3-4-6-18(13)21-12-17(22)11-20-14(2)15-7-9-16(19)10-8-15/h3-10,21H,11-12H2,1-2H3. The maximum absolute atomic E-state index is 11.9. The highest BCUT2D eigenvalue weighted by atomic mass is 79.9. The molecule has 2 aromatic rings. The minimum atomic E-state index is 0.0692. The third kappa shape index (κ3) is 4.81. The van der Waals surface area contributed by atoms with Gasteiger partial charge in [0.1, 0.15) is 0 Å². The summed E-state index contributed by atoms with van der Waals surface area (Å²) in [6, 6.07) is 15.8. The summed E-state index contributed by atoms with van der Waals surface area (Å²) in [5.41, 5.74) is 4.02. The largest absolute Gasteiger partial charge is 0.378 e. The van der Waals surface area contributed by atoms with Gasteiger partial charge in [0.15, 0.2) is 5.78 Å². The Labute approximate surface area is 139 Å². The van der Waals surface area contributed by atoms with Gasteiger partial charge in [-0.25, -0.2) is 0 Å². The molecule has 0 amide bonds. The summed E-state index contributed by atoms with van der Waals surface area (Å²) in [6.07, 6.45) is 0. The number of nitrogens with zero attached hydrogens (tertiary/aromatic N) is 1. The van der Waals surface area contributed by atoms with Gasteiger partial charge in [-0.05, 0) is 43.2 Å². The molecule has 2 aromatic carbocycles. The number of halogens is 1. The average Bonchev–Trinajstić information content (AvgIpc) is 2.52. The highest BCUT2D eigenvalue weighted by Crippen LogP contribution is 2.13. The highest BCUT2D eigenvalue weighted by Gasteiger charge is 2.03. The summed E-state index contributed by atoms with van der Waals surface area (Å²) in [6.45, 7) is 4.43. The molecule has 0 saturated carbocycles. The summed E-state index contributed by atoms with van der Waals surface area (Å²) in [7, 11) is 0. The zero-order valence-electron chi connectivity index (χ0n) is 12.8. The van der Waals surface area contributed by atoms with Crippen LogP contribution in [0.4, 0.5) is 5.69 Å². The van der Waals surface area contributed by atoms with E-state index in [9.17, 15) is 4.79 Å². The molecule has 0 atom stereocenters. The number of carbonyl (C=O) groups is 1. The van der Waals surface area contributed by atoms with Crippen molar-refractivity contribution in [3.05, 3.63) is 64.1 Å². The van der Waals surface area contributed by atoms with E-state index in [1.165, 1.54) is 0 Å². The van der Waals surface area contributed by atoms with Crippen molar-refractivity contribution >= 4 is 33.1 Å². The van der Waals surface area contributed by atoms with Crippen molar-refractivity contribution in [3.8, 4) is 0 Å². The number of Topliss-reactive ketones (excluding diaryl/α,β-unsaturated/α-hetero) is 1. The van der Waals surface area contributed by atoms with Crippen LogP contribution in [-0.4, -0.2) is 24.6 Å². The third-order valence-corrected chi connectivity index (χ3v) is 3.90. The number of rotatable bonds is 6. The van der Waals surface area contributed by atoms with Crippen LogP contribution in [0.25, 0.3) is 0 Å². The zero-order chi connectivity index (χ0) is 15.9. The molecule has 0 heterocycles. The number of nitrogens with one attached hydrogen (secondary N) is 1.